The fourth-order valence-electron chi connectivity index (χ4n) is 5.70. The minimum absolute atomic E-state index is 0.0674. The number of aliphatic hydroxyl groups excluding tert-OH is 2. The lowest BCUT2D eigenvalue weighted by atomic mass is 10.0. The summed E-state index contributed by atoms with van der Waals surface area (Å²) in [4.78, 5) is 12.3. The summed E-state index contributed by atoms with van der Waals surface area (Å²) in [5, 5.41) is 22.9. The first kappa shape index (κ1) is 41.9. The van der Waals surface area contributed by atoms with E-state index in [1.54, 1.807) is 6.08 Å². The number of amides is 1. The van der Waals surface area contributed by atoms with Crippen LogP contribution in [0.1, 0.15) is 200 Å². The second-order valence-corrected chi connectivity index (χ2v) is 13.0. The topological polar surface area (TPSA) is 69.6 Å². The molecule has 0 aromatic rings. The Hall–Kier alpha value is -1.13. The summed E-state index contributed by atoms with van der Waals surface area (Å²) in [6.45, 7) is 4.29. The SMILES string of the molecule is CCCCCCCC/C=C/CCCCCCCCCCCC(=O)N[C@@H](CO)[C@H](O)/C=C/CCCCCCCCCCCC. The second-order valence-electron chi connectivity index (χ2n) is 13.0. The normalized spacial score (nSPS) is 13.3. The lowest BCUT2D eigenvalue weighted by Crippen LogP contribution is -2.45. The molecule has 254 valence electrons. The van der Waals surface area contributed by atoms with Crippen molar-refractivity contribution in [2.24, 2.45) is 0 Å². The Kier molecular flexibility index (Phi) is 34.4. The van der Waals surface area contributed by atoms with E-state index >= 15 is 0 Å². The van der Waals surface area contributed by atoms with Crippen molar-refractivity contribution in [3.8, 4) is 0 Å². The van der Waals surface area contributed by atoms with Crippen molar-refractivity contribution in [3.05, 3.63) is 24.3 Å². The standard InChI is InChI=1S/C39H75NO3/c1-3-5-7-9-11-13-15-17-18-19-20-21-22-23-25-27-29-31-33-35-39(43)40-37(36-41)38(42)34-32-30-28-26-24-16-14-12-10-8-6-4-2/h17-18,32,34,37-38,41-42H,3-16,19-31,33,35-36H2,1-2H3,(H,40,43)/b18-17+,34-32+/t37-,38+/m0/s1. The summed E-state index contributed by atoms with van der Waals surface area (Å²) in [6.07, 6.45) is 44.0. The molecule has 0 heterocycles. The van der Waals surface area contributed by atoms with E-state index in [1.165, 1.54) is 154 Å². The van der Waals surface area contributed by atoms with Gasteiger partial charge >= 0.3 is 0 Å². The van der Waals surface area contributed by atoms with Gasteiger partial charge < -0.3 is 15.5 Å². The van der Waals surface area contributed by atoms with Crippen molar-refractivity contribution >= 4 is 5.91 Å². The molecule has 0 rings (SSSR count). The van der Waals surface area contributed by atoms with E-state index in [0.717, 1.165) is 25.7 Å². The monoisotopic (exact) mass is 606 g/mol. The molecule has 0 radical (unpaired) electrons. The predicted molar refractivity (Wildman–Crippen MR) is 189 cm³/mol. The van der Waals surface area contributed by atoms with Crippen LogP contribution in [-0.2, 0) is 4.79 Å². The molecule has 0 aliphatic rings. The van der Waals surface area contributed by atoms with Crippen molar-refractivity contribution in [3.63, 3.8) is 0 Å². The summed E-state index contributed by atoms with van der Waals surface area (Å²) in [5.74, 6) is -0.0674. The van der Waals surface area contributed by atoms with Crippen molar-refractivity contribution in [2.45, 2.75) is 212 Å². The van der Waals surface area contributed by atoms with Crippen molar-refractivity contribution in [1.82, 2.24) is 5.32 Å². The van der Waals surface area contributed by atoms with Gasteiger partial charge in [0.15, 0.2) is 0 Å². The zero-order valence-corrected chi connectivity index (χ0v) is 29.0. The highest BCUT2D eigenvalue weighted by Crippen LogP contribution is 2.14. The summed E-state index contributed by atoms with van der Waals surface area (Å²) in [5.41, 5.74) is 0. The molecule has 0 aromatic heterocycles. The van der Waals surface area contributed by atoms with Gasteiger partial charge in [-0.05, 0) is 44.9 Å². The van der Waals surface area contributed by atoms with Gasteiger partial charge in [-0.3, -0.25) is 4.79 Å². The van der Waals surface area contributed by atoms with Gasteiger partial charge in [0.1, 0.15) is 0 Å². The molecular formula is C39H75NO3. The van der Waals surface area contributed by atoms with Crippen LogP contribution in [0.2, 0.25) is 0 Å². The number of unbranched alkanes of at least 4 members (excludes halogenated alkanes) is 25. The average Bonchev–Trinajstić information content (AvgIpc) is 3.01. The Morgan fingerprint density at radius 1 is 0.535 bits per heavy atom. The van der Waals surface area contributed by atoms with Gasteiger partial charge in [0, 0.05) is 6.42 Å². The van der Waals surface area contributed by atoms with Gasteiger partial charge in [-0.2, -0.15) is 0 Å². The Labute approximate surface area is 269 Å². The number of carbonyl (C=O) groups is 1. The van der Waals surface area contributed by atoms with Gasteiger partial charge in [-0.25, -0.2) is 0 Å². The van der Waals surface area contributed by atoms with Crippen LogP contribution in [0.25, 0.3) is 0 Å². The number of hydrogen-bond acceptors (Lipinski definition) is 3. The molecule has 0 saturated carbocycles. The number of aliphatic hydroxyl groups is 2. The first-order valence-electron chi connectivity index (χ1n) is 19.1. The van der Waals surface area contributed by atoms with Crippen LogP contribution < -0.4 is 5.32 Å². The third kappa shape index (κ3) is 32.1. The first-order chi connectivity index (χ1) is 21.2. The number of nitrogens with one attached hydrogen (secondary N) is 1. The van der Waals surface area contributed by atoms with E-state index in [0.29, 0.717) is 6.42 Å². The number of rotatable bonds is 34. The second kappa shape index (κ2) is 35.4. The van der Waals surface area contributed by atoms with Gasteiger partial charge in [-0.1, -0.05) is 173 Å². The molecule has 1 amide bonds. The smallest absolute Gasteiger partial charge is 0.220 e. The average molecular weight is 606 g/mol. The fourth-order valence-corrected chi connectivity index (χ4v) is 5.70. The highest BCUT2D eigenvalue weighted by molar-refractivity contribution is 5.76. The number of allylic oxidation sites excluding steroid dienone is 3. The van der Waals surface area contributed by atoms with Crippen LogP contribution >= 0.6 is 0 Å². The summed E-state index contributed by atoms with van der Waals surface area (Å²) >= 11 is 0. The molecule has 0 aliphatic carbocycles. The molecular weight excluding hydrogens is 530 g/mol. The predicted octanol–water partition coefficient (Wildman–Crippen LogP) is 11.3. The van der Waals surface area contributed by atoms with Gasteiger partial charge in [0.05, 0.1) is 18.8 Å². The highest BCUT2D eigenvalue weighted by Gasteiger charge is 2.17. The molecule has 0 aromatic carbocycles. The van der Waals surface area contributed by atoms with Crippen LogP contribution in [0.4, 0.5) is 0 Å². The molecule has 0 saturated heterocycles. The molecule has 0 bridgehead atoms. The molecule has 4 nitrogen and oxygen atoms in total. The molecule has 3 N–H and O–H groups in total. The molecule has 43 heavy (non-hydrogen) atoms. The maximum absolute atomic E-state index is 12.3. The summed E-state index contributed by atoms with van der Waals surface area (Å²) < 4.78 is 0. The molecule has 0 spiro atoms. The zero-order valence-electron chi connectivity index (χ0n) is 29.0. The number of hydrogen-bond donors (Lipinski definition) is 3. The Morgan fingerprint density at radius 2 is 0.884 bits per heavy atom. The lowest BCUT2D eigenvalue weighted by molar-refractivity contribution is -0.123. The molecule has 4 heteroatoms. The third-order valence-corrected chi connectivity index (χ3v) is 8.68. The van der Waals surface area contributed by atoms with Crippen LogP contribution in [0.5, 0.6) is 0 Å². The number of carbonyl (C=O) groups excluding carboxylic acids is 1. The van der Waals surface area contributed by atoms with E-state index in [1.807, 2.05) is 6.08 Å². The van der Waals surface area contributed by atoms with E-state index in [4.69, 9.17) is 0 Å². The van der Waals surface area contributed by atoms with Crippen molar-refractivity contribution < 1.29 is 15.0 Å². The van der Waals surface area contributed by atoms with E-state index in [-0.39, 0.29) is 12.5 Å². The Morgan fingerprint density at radius 3 is 1.28 bits per heavy atom. The van der Waals surface area contributed by atoms with Crippen LogP contribution in [0, 0.1) is 0 Å². The Balaban J connectivity index is 3.58. The van der Waals surface area contributed by atoms with Crippen molar-refractivity contribution in [1.29, 1.82) is 0 Å². The lowest BCUT2D eigenvalue weighted by Gasteiger charge is -2.20. The van der Waals surface area contributed by atoms with Gasteiger partial charge in [-0.15, -0.1) is 0 Å². The highest BCUT2D eigenvalue weighted by atomic mass is 16.3. The maximum atomic E-state index is 12.3. The summed E-state index contributed by atoms with van der Waals surface area (Å²) in [7, 11) is 0. The minimum atomic E-state index is -0.835. The van der Waals surface area contributed by atoms with E-state index in [2.05, 4.69) is 31.3 Å². The largest absolute Gasteiger partial charge is 0.394 e. The van der Waals surface area contributed by atoms with Gasteiger partial charge in [0.25, 0.3) is 0 Å². The first-order valence-corrected chi connectivity index (χ1v) is 19.1. The molecule has 0 aliphatic heterocycles. The Bertz CT molecular complexity index is 618. The summed E-state index contributed by atoms with van der Waals surface area (Å²) in [6, 6.07) is -0.618. The zero-order chi connectivity index (χ0) is 31.5. The minimum Gasteiger partial charge on any atom is -0.394 e. The molecule has 0 fully saturated rings. The quantitative estimate of drug-likeness (QED) is 0.0505. The van der Waals surface area contributed by atoms with E-state index < -0.39 is 12.1 Å². The van der Waals surface area contributed by atoms with Crippen molar-refractivity contribution in [2.75, 3.05) is 6.61 Å². The van der Waals surface area contributed by atoms with E-state index in [9.17, 15) is 15.0 Å². The van der Waals surface area contributed by atoms with Crippen LogP contribution in [0.3, 0.4) is 0 Å². The maximum Gasteiger partial charge on any atom is 0.220 e. The van der Waals surface area contributed by atoms with Crippen LogP contribution in [-0.4, -0.2) is 34.9 Å². The third-order valence-electron chi connectivity index (χ3n) is 8.68. The molecule has 0 unspecified atom stereocenters. The fraction of sp³-hybridized carbons (Fsp3) is 0.872. The molecule has 2 atom stereocenters. The van der Waals surface area contributed by atoms with Crippen LogP contribution in [0.15, 0.2) is 24.3 Å². The van der Waals surface area contributed by atoms with Gasteiger partial charge in [0.2, 0.25) is 5.91 Å².